The first-order valence-electron chi connectivity index (χ1n) is 12.2. The third-order valence-electron chi connectivity index (χ3n) is 6.51. The molecule has 5 rings (SSSR count). The number of halogens is 1. The molecular weight excluding hydrogens is 564 g/mol. The van der Waals surface area contributed by atoms with Crippen molar-refractivity contribution in [3.05, 3.63) is 104 Å². The van der Waals surface area contributed by atoms with Gasteiger partial charge in [0.25, 0.3) is 11.8 Å². The SMILES string of the molecule is N#Cc1ccc(Cn2cncc2CNC(=O)c2ccc(N3CCN(C(=O)c4ccc(Br)s4)CC3)cc2)cc1. The number of anilines is 1. The Morgan fingerprint density at radius 3 is 2.39 bits per heavy atom. The average molecular weight is 590 g/mol. The number of nitriles is 1. The molecule has 1 fully saturated rings. The van der Waals surface area contributed by atoms with Gasteiger partial charge in [-0.05, 0) is 70.0 Å². The monoisotopic (exact) mass is 588 g/mol. The first-order valence-corrected chi connectivity index (χ1v) is 13.8. The van der Waals surface area contributed by atoms with E-state index in [1.165, 1.54) is 11.3 Å². The van der Waals surface area contributed by atoms with Crippen LogP contribution in [0.25, 0.3) is 0 Å². The molecule has 2 aromatic carbocycles. The Bertz CT molecular complexity index is 1460. The Balaban J connectivity index is 1.13. The fraction of sp³-hybridized carbons (Fsp3) is 0.214. The van der Waals surface area contributed by atoms with Gasteiger partial charge >= 0.3 is 0 Å². The van der Waals surface area contributed by atoms with Crippen molar-refractivity contribution in [2.45, 2.75) is 13.1 Å². The van der Waals surface area contributed by atoms with Crippen molar-refractivity contribution in [3.8, 4) is 6.07 Å². The van der Waals surface area contributed by atoms with Crippen LogP contribution < -0.4 is 10.2 Å². The number of aromatic nitrogens is 2. The summed E-state index contributed by atoms with van der Waals surface area (Å²) in [6.45, 7) is 3.77. The predicted molar refractivity (Wildman–Crippen MR) is 150 cm³/mol. The maximum absolute atomic E-state index is 12.8. The molecule has 10 heteroatoms. The van der Waals surface area contributed by atoms with Crippen LogP contribution in [-0.2, 0) is 13.1 Å². The number of nitrogens with zero attached hydrogens (tertiary/aromatic N) is 5. The lowest BCUT2D eigenvalue weighted by molar-refractivity contribution is 0.0751. The van der Waals surface area contributed by atoms with Crippen molar-refractivity contribution in [2.75, 3.05) is 31.1 Å². The molecule has 0 atom stereocenters. The molecule has 1 N–H and O–H groups in total. The van der Waals surface area contributed by atoms with Crippen molar-refractivity contribution >= 4 is 44.8 Å². The molecule has 2 amide bonds. The summed E-state index contributed by atoms with van der Waals surface area (Å²) in [4.78, 5) is 34.6. The van der Waals surface area contributed by atoms with Gasteiger partial charge in [-0.2, -0.15) is 5.26 Å². The minimum atomic E-state index is -0.153. The van der Waals surface area contributed by atoms with Crippen LogP contribution in [0.3, 0.4) is 0 Å². The van der Waals surface area contributed by atoms with Crippen LogP contribution in [-0.4, -0.2) is 52.4 Å². The van der Waals surface area contributed by atoms with Gasteiger partial charge in [0, 0.05) is 50.2 Å². The maximum Gasteiger partial charge on any atom is 0.264 e. The van der Waals surface area contributed by atoms with Crippen molar-refractivity contribution in [2.24, 2.45) is 0 Å². The smallest absolute Gasteiger partial charge is 0.264 e. The number of amides is 2. The van der Waals surface area contributed by atoms with E-state index >= 15 is 0 Å². The number of imidazole rings is 1. The third kappa shape index (κ3) is 5.96. The van der Waals surface area contributed by atoms with Crippen LogP contribution in [0.2, 0.25) is 0 Å². The zero-order valence-electron chi connectivity index (χ0n) is 20.5. The van der Waals surface area contributed by atoms with Crippen LogP contribution in [0.4, 0.5) is 5.69 Å². The van der Waals surface area contributed by atoms with Crippen molar-refractivity contribution in [3.63, 3.8) is 0 Å². The summed E-state index contributed by atoms with van der Waals surface area (Å²) in [6.07, 6.45) is 3.48. The Labute approximate surface area is 233 Å². The molecule has 0 aliphatic carbocycles. The van der Waals surface area contributed by atoms with Crippen molar-refractivity contribution in [1.82, 2.24) is 19.8 Å². The fourth-order valence-corrected chi connectivity index (χ4v) is 5.72. The van der Waals surface area contributed by atoms with E-state index in [4.69, 9.17) is 5.26 Å². The summed E-state index contributed by atoms with van der Waals surface area (Å²) in [7, 11) is 0. The van der Waals surface area contributed by atoms with Gasteiger partial charge in [-0.1, -0.05) is 12.1 Å². The minimum Gasteiger partial charge on any atom is -0.368 e. The molecule has 192 valence electrons. The molecule has 3 heterocycles. The molecule has 1 saturated heterocycles. The first-order chi connectivity index (χ1) is 18.5. The highest BCUT2D eigenvalue weighted by atomic mass is 79.9. The second-order valence-electron chi connectivity index (χ2n) is 8.93. The molecule has 0 unspecified atom stereocenters. The van der Waals surface area contributed by atoms with Crippen molar-refractivity contribution < 1.29 is 9.59 Å². The molecule has 0 spiro atoms. The number of carbonyl (C=O) groups is 2. The molecule has 8 nitrogen and oxygen atoms in total. The van der Waals surface area contributed by atoms with Crippen LogP contribution in [0.5, 0.6) is 0 Å². The van der Waals surface area contributed by atoms with Gasteiger partial charge < -0.3 is 19.7 Å². The van der Waals surface area contributed by atoms with Gasteiger partial charge in [-0.25, -0.2) is 4.98 Å². The molecule has 1 aliphatic rings. The van der Waals surface area contributed by atoms with Gasteiger partial charge in [0.1, 0.15) is 0 Å². The average Bonchev–Trinajstić information content (AvgIpc) is 3.60. The van der Waals surface area contributed by atoms with Gasteiger partial charge in [0.05, 0.1) is 38.9 Å². The molecule has 4 aromatic rings. The summed E-state index contributed by atoms with van der Waals surface area (Å²) < 4.78 is 2.93. The van der Waals surface area contributed by atoms with E-state index in [0.29, 0.717) is 37.3 Å². The van der Waals surface area contributed by atoms with Crippen LogP contribution in [0.15, 0.2) is 77.0 Å². The molecule has 2 aromatic heterocycles. The minimum absolute atomic E-state index is 0.0746. The van der Waals surface area contributed by atoms with Crippen molar-refractivity contribution in [1.29, 1.82) is 5.26 Å². The number of rotatable bonds is 7. The topological polar surface area (TPSA) is 94.3 Å². The Hall–Kier alpha value is -3.94. The summed E-state index contributed by atoms with van der Waals surface area (Å²) in [5.41, 5.74) is 4.19. The lowest BCUT2D eigenvalue weighted by Crippen LogP contribution is -2.48. The summed E-state index contributed by atoms with van der Waals surface area (Å²) in [6, 6.07) is 20.9. The zero-order chi connectivity index (χ0) is 26.5. The van der Waals surface area contributed by atoms with E-state index in [-0.39, 0.29) is 11.8 Å². The summed E-state index contributed by atoms with van der Waals surface area (Å²) in [5, 5.41) is 11.9. The molecule has 1 aliphatic heterocycles. The van der Waals surface area contributed by atoms with E-state index in [0.717, 1.165) is 38.7 Å². The summed E-state index contributed by atoms with van der Waals surface area (Å²) >= 11 is 4.87. The predicted octanol–water partition coefficient (Wildman–Crippen LogP) is 4.52. The Morgan fingerprint density at radius 1 is 1.00 bits per heavy atom. The van der Waals surface area contributed by atoms with Gasteiger partial charge in [0.15, 0.2) is 0 Å². The molecule has 0 bridgehead atoms. The number of piperazine rings is 1. The molecule has 0 saturated carbocycles. The van der Waals surface area contributed by atoms with Crippen LogP contribution >= 0.6 is 27.3 Å². The number of hydrogen-bond acceptors (Lipinski definition) is 6. The van der Waals surface area contributed by atoms with Gasteiger partial charge in [0.2, 0.25) is 0 Å². The highest BCUT2D eigenvalue weighted by Crippen LogP contribution is 2.24. The molecule has 38 heavy (non-hydrogen) atoms. The third-order valence-corrected chi connectivity index (χ3v) is 8.12. The van der Waals surface area contributed by atoms with E-state index in [9.17, 15) is 9.59 Å². The lowest BCUT2D eigenvalue weighted by atomic mass is 10.1. The number of carbonyl (C=O) groups excluding carboxylic acids is 2. The Kier molecular flexibility index (Phi) is 7.86. The normalized spacial score (nSPS) is 13.3. The largest absolute Gasteiger partial charge is 0.368 e. The second-order valence-corrected chi connectivity index (χ2v) is 11.4. The number of benzene rings is 2. The van der Waals surface area contributed by atoms with E-state index < -0.39 is 0 Å². The number of nitrogens with one attached hydrogen (secondary N) is 1. The highest BCUT2D eigenvalue weighted by molar-refractivity contribution is 9.11. The van der Waals surface area contributed by atoms with Gasteiger partial charge in [-0.15, -0.1) is 11.3 Å². The lowest BCUT2D eigenvalue weighted by Gasteiger charge is -2.36. The first kappa shape index (κ1) is 25.7. The number of hydrogen-bond donors (Lipinski definition) is 1. The highest BCUT2D eigenvalue weighted by Gasteiger charge is 2.23. The van der Waals surface area contributed by atoms with Crippen LogP contribution in [0, 0.1) is 11.3 Å². The Morgan fingerprint density at radius 2 is 1.74 bits per heavy atom. The quantitative estimate of drug-likeness (QED) is 0.342. The van der Waals surface area contributed by atoms with Crippen LogP contribution in [0.1, 0.15) is 36.9 Å². The maximum atomic E-state index is 12.8. The zero-order valence-corrected chi connectivity index (χ0v) is 22.9. The van der Waals surface area contributed by atoms with E-state index in [2.05, 4.69) is 37.2 Å². The van der Waals surface area contributed by atoms with Gasteiger partial charge in [-0.3, -0.25) is 9.59 Å². The second kappa shape index (κ2) is 11.6. The summed E-state index contributed by atoms with van der Waals surface area (Å²) in [5.74, 6) is -0.0780. The molecule has 0 radical (unpaired) electrons. The van der Waals surface area contributed by atoms with E-state index in [1.54, 1.807) is 24.7 Å². The fourth-order valence-electron chi connectivity index (χ4n) is 4.37. The standard InChI is InChI=1S/C28H25BrN6O2S/c29-26-10-9-25(38-26)28(37)34-13-11-33(12-14-34)23-7-5-22(6-8-23)27(36)32-17-24-16-31-19-35(24)18-21-3-1-20(15-30)2-4-21/h1-10,16,19H,11-14,17-18H2,(H,32,36). The number of thiophene rings is 1. The molecular formula is C28H25BrN6O2S. The van der Waals surface area contributed by atoms with E-state index in [1.807, 2.05) is 58.0 Å².